The molecule has 0 aliphatic carbocycles. The van der Waals surface area contributed by atoms with Crippen molar-refractivity contribution in [2.24, 2.45) is 5.10 Å². The van der Waals surface area contributed by atoms with Gasteiger partial charge in [0.15, 0.2) is 0 Å². The van der Waals surface area contributed by atoms with Gasteiger partial charge in [-0.25, -0.2) is 4.98 Å². The molecule has 0 unspecified atom stereocenters. The van der Waals surface area contributed by atoms with Gasteiger partial charge in [-0.2, -0.15) is 5.10 Å². The monoisotopic (exact) mass is 391 g/mol. The Labute approximate surface area is 160 Å². The maximum Gasteiger partial charge on any atom is 0.203 e. The highest BCUT2D eigenvalue weighted by atomic mass is 35.5. The van der Waals surface area contributed by atoms with Crippen molar-refractivity contribution in [1.29, 1.82) is 0 Å². The molecule has 3 aromatic rings. The molecule has 0 bridgehead atoms. The Morgan fingerprint density at radius 2 is 2.12 bits per heavy atom. The average Bonchev–Trinajstić information content (AvgIpc) is 3.00. The zero-order valence-electron chi connectivity index (χ0n) is 13.4. The van der Waals surface area contributed by atoms with Crippen molar-refractivity contribution in [3.05, 3.63) is 74.7 Å². The van der Waals surface area contributed by atoms with Crippen LogP contribution < -0.4 is 10.2 Å². The molecule has 0 spiro atoms. The highest BCUT2D eigenvalue weighted by Crippen LogP contribution is 2.23. The fraction of sp³-hybridized carbons (Fsp3) is 0.111. The van der Waals surface area contributed by atoms with Crippen LogP contribution in [0.25, 0.3) is 0 Å². The van der Waals surface area contributed by atoms with Gasteiger partial charge in [-0.05, 0) is 36.8 Å². The van der Waals surface area contributed by atoms with Crippen molar-refractivity contribution in [3.8, 4) is 5.75 Å². The predicted molar refractivity (Wildman–Crippen MR) is 105 cm³/mol. The van der Waals surface area contributed by atoms with E-state index >= 15 is 0 Å². The van der Waals surface area contributed by atoms with Gasteiger partial charge >= 0.3 is 0 Å². The number of aromatic nitrogens is 1. The van der Waals surface area contributed by atoms with Crippen molar-refractivity contribution >= 4 is 45.9 Å². The molecule has 0 radical (unpaired) electrons. The van der Waals surface area contributed by atoms with Crippen molar-refractivity contribution in [3.63, 3.8) is 0 Å². The lowest BCUT2D eigenvalue weighted by Crippen LogP contribution is -1.97. The Morgan fingerprint density at radius 1 is 1.24 bits per heavy atom. The van der Waals surface area contributed by atoms with Crippen LogP contribution in [0.1, 0.15) is 16.8 Å². The average molecular weight is 392 g/mol. The van der Waals surface area contributed by atoms with Gasteiger partial charge in [0.05, 0.1) is 11.9 Å². The van der Waals surface area contributed by atoms with Crippen molar-refractivity contribution in [2.75, 3.05) is 5.43 Å². The molecular formula is C18H15Cl2N3OS. The van der Waals surface area contributed by atoms with Crippen LogP contribution >= 0.6 is 34.5 Å². The summed E-state index contributed by atoms with van der Waals surface area (Å²) in [5.41, 5.74) is 5.68. The van der Waals surface area contributed by atoms with E-state index in [0.717, 1.165) is 27.7 Å². The zero-order valence-corrected chi connectivity index (χ0v) is 15.7. The Bertz CT molecular complexity index is 896. The van der Waals surface area contributed by atoms with Crippen LogP contribution in [0, 0.1) is 6.92 Å². The molecule has 0 saturated heterocycles. The standard InChI is InChI=1S/C18H15Cl2N3OS/c1-12-11-25-18(22-12)23-21-9-13-3-2-4-16(7-13)24-10-14-5-6-15(19)8-17(14)20/h2-9,11H,10H2,1H3,(H,22,23). The quantitative estimate of drug-likeness (QED) is 0.427. The van der Waals surface area contributed by atoms with Gasteiger partial charge in [0, 0.05) is 21.0 Å². The van der Waals surface area contributed by atoms with Gasteiger partial charge in [-0.15, -0.1) is 11.3 Å². The third kappa shape index (κ3) is 5.19. The van der Waals surface area contributed by atoms with Crippen LogP contribution in [-0.4, -0.2) is 11.2 Å². The number of nitrogens with zero attached hydrogens (tertiary/aromatic N) is 2. The van der Waals surface area contributed by atoms with E-state index < -0.39 is 0 Å². The summed E-state index contributed by atoms with van der Waals surface area (Å²) in [6, 6.07) is 13.0. The Hall–Kier alpha value is -2.08. The molecule has 0 fully saturated rings. The molecule has 128 valence electrons. The van der Waals surface area contributed by atoms with E-state index in [9.17, 15) is 0 Å². The third-order valence-corrected chi connectivity index (χ3v) is 4.71. The largest absolute Gasteiger partial charge is 0.489 e. The van der Waals surface area contributed by atoms with E-state index in [2.05, 4.69) is 15.5 Å². The Balaban J connectivity index is 1.61. The number of ether oxygens (including phenoxy) is 1. The van der Waals surface area contributed by atoms with Gasteiger partial charge in [0.2, 0.25) is 5.13 Å². The first-order valence-electron chi connectivity index (χ1n) is 7.48. The van der Waals surface area contributed by atoms with Crippen LogP contribution in [0.15, 0.2) is 52.9 Å². The van der Waals surface area contributed by atoms with Crippen LogP contribution in [-0.2, 0) is 6.61 Å². The minimum atomic E-state index is 0.368. The van der Waals surface area contributed by atoms with Crippen LogP contribution in [0.3, 0.4) is 0 Å². The molecule has 0 atom stereocenters. The summed E-state index contributed by atoms with van der Waals surface area (Å²) in [6.07, 6.45) is 1.72. The first-order valence-corrected chi connectivity index (χ1v) is 9.12. The number of anilines is 1. The molecule has 4 nitrogen and oxygen atoms in total. The number of halogens is 2. The number of thiazole rings is 1. The Morgan fingerprint density at radius 3 is 2.88 bits per heavy atom. The molecule has 3 rings (SSSR count). The summed E-state index contributed by atoms with van der Waals surface area (Å²) in [7, 11) is 0. The van der Waals surface area contributed by atoms with Crippen molar-refractivity contribution in [1.82, 2.24) is 4.98 Å². The summed E-state index contributed by atoms with van der Waals surface area (Å²) in [5, 5.41) is 8.12. The van der Waals surface area contributed by atoms with Gasteiger partial charge < -0.3 is 4.74 Å². The van der Waals surface area contributed by atoms with Crippen LogP contribution in [0.5, 0.6) is 5.75 Å². The summed E-state index contributed by atoms with van der Waals surface area (Å²) < 4.78 is 5.80. The highest BCUT2D eigenvalue weighted by molar-refractivity contribution is 7.13. The molecule has 1 heterocycles. The van der Waals surface area contributed by atoms with Gasteiger partial charge in [0.1, 0.15) is 12.4 Å². The van der Waals surface area contributed by atoms with Crippen LogP contribution in [0.4, 0.5) is 5.13 Å². The number of hydrogen-bond acceptors (Lipinski definition) is 5. The summed E-state index contributed by atoms with van der Waals surface area (Å²) >= 11 is 13.6. The molecule has 0 amide bonds. The predicted octanol–water partition coefficient (Wildman–Crippen LogP) is 5.78. The minimum absolute atomic E-state index is 0.368. The second-order valence-corrected chi connectivity index (χ2v) is 6.96. The number of hydrazone groups is 1. The smallest absolute Gasteiger partial charge is 0.203 e. The number of hydrogen-bond donors (Lipinski definition) is 1. The molecule has 2 aromatic carbocycles. The van der Waals surface area contributed by atoms with E-state index in [1.54, 1.807) is 18.3 Å². The molecule has 7 heteroatoms. The topological polar surface area (TPSA) is 46.5 Å². The summed E-state index contributed by atoms with van der Waals surface area (Å²) in [5.74, 6) is 0.736. The fourth-order valence-electron chi connectivity index (χ4n) is 2.05. The molecule has 1 N–H and O–H groups in total. The zero-order chi connectivity index (χ0) is 17.6. The second kappa shape index (κ2) is 8.34. The van der Waals surface area contributed by atoms with Crippen LogP contribution in [0.2, 0.25) is 10.0 Å². The lowest BCUT2D eigenvalue weighted by Gasteiger charge is -2.08. The summed E-state index contributed by atoms with van der Waals surface area (Å²) in [4.78, 5) is 4.28. The summed E-state index contributed by atoms with van der Waals surface area (Å²) in [6.45, 7) is 2.31. The first kappa shape index (κ1) is 17.7. The third-order valence-electron chi connectivity index (χ3n) is 3.26. The molecule has 0 aliphatic heterocycles. The molecule has 25 heavy (non-hydrogen) atoms. The van der Waals surface area contributed by atoms with E-state index in [-0.39, 0.29) is 0 Å². The number of benzene rings is 2. The van der Waals surface area contributed by atoms with Crippen molar-refractivity contribution < 1.29 is 4.74 Å². The number of nitrogens with one attached hydrogen (secondary N) is 1. The van der Waals surface area contributed by atoms with E-state index in [1.165, 1.54) is 11.3 Å². The van der Waals surface area contributed by atoms with E-state index in [0.29, 0.717) is 16.7 Å². The Kier molecular flexibility index (Phi) is 5.91. The van der Waals surface area contributed by atoms with Crippen molar-refractivity contribution in [2.45, 2.75) is 13.5 Å². The second-order valence-electron chi connectivity index (χ2n) is 5.26. The fourth-order valence-corrected chi connectivity index (χ4v) is 3.15. The lowest BCUT2D eigenvalue weighted by molar-refractivity contribution is 0.306. The maximum atomic E-state index is 6.16. The maximum absolute atomic E-state index is 6.16. The minimum Gasteiger partial charge on any atom is -0.489 e. The van der Waals surface area contributed by atoms with Gasteiger partial charge in [-0.3, -0.25) is 5.43 Å². The van der Waals surface area contributed by atoms with Gasteiger partial charge in [0.25, 0.3) is 0 Å². The normalized spacial score (nSPS) is 11.0. The molecule has 0 aliphatic rings. The number of aryl methyl sites for hydroxylation is 1. The SMILES string of the molecule is Cc1csc(NN=Cc2cccc(OCc3ccc(Cl)cc3Cl)c2)n1. The highest BCUT2D eigenvalue weighted by Gasteiger charge is 2.03. The van der Waals surface area contributed by atoms with E-state index in [1.807, 2.05) is 42.6 Å². The number of rotatable bonds is 6. The van der Waals surface area contributed by atoms with E-state index in [4.69, 9.17) is 27.9 Å². The molecule has 0 saturated carbocycles. The molecule has 1 aromatic heterocycles. The lowest BCUT2D eigenvalue weighted by atomic mass is 10.2. The first-order chi connectivity index (χ1) is 12.1. The van der Waals surface area contributed by atoms with Gasteiger partial charge in [-0.1, -0.05) is 41.4 Å². The molecular weight excluding hydrogens is 377 g/mol.